The number of aromatic nitrogens is 6. The Kier molecular flexibility index (Phi) is 7.59. The van der Waals surface area contributed by atoms with Gasteiger partial charge in [-0.15, -0.1) is 0 Å². The molecule has 0 radical (unpaired) electrons. The van der Waals surface area contributed by atoms with Gasteiger partial charge in [-0.2, -0.15) is 5.26 Å². The second kappa shape index (κ2) is 12.1. The van der Waals surface area contributed by atoms with Crippen molar-refractivity contribution >= 4 is 22.8 Å². The predicted octanol–water partition coefficient (Wildman–Crippen LogP) is 5.49. The van der Waals surface area contributed by atoms with E-state index in [1.165, 1.54) is 5.56 Å². The Morgan fingerprint density at radius 3 is 2.42 bits per heavy atom. The molecule has 0 spiro atoms. The maximum absolute atomic E-state index is 9.16. The second-order valence-electron chi connectivity index (χ2n) is 11.2. The van der Waals surface area contributed by atoms with E-state index in [1.54, 1.807) is 12.4 Å². The summed E-state index contributed by atoms with van der Waals surface area (Å²) in [6.45, 7) is 2.83. The van der Waals surface area contributed by atoms with Crippen molar-refractivity contribution < 1.29 is 0 Å². The minimum atomic E-state index is 0.201. The number of nitriles is 1. The summed E-state index contributed by atoms with van der Waals surface area (Å²) < 4.78 is 2.07. The van der Waals surface area contributed by atoms with Crippen LogP contribution >= 0.6 is 0 Å². The number of hydrogen-bond donors (Lipinski definition) is 1. The van der Waals surface area contributed by atoms with Gasteiger partial charge in [-0.25, -0.2) is 24.9 Å². The number of rotatable bonds is 7. The average Bonchev–Trinajstić information content (AvgIpc) is 3.48. The van der Waals surface area contributed by atoms with Crippen LogP contribution in [0.4, 0.5) is 11.6 Å². The monoisotopic (exact) mass is 592 g/mol. The van der Waals surface area contributed by atoms with Gasteiger partial charge in [0.05, 0.1) is 11.3 Å². The minimum absolute atomic E-state index is 0.201. The molecule has 0 saturated carbocycles. The van der Waals surface area contributed by atoms with Crippen LogP contribution in [0, 0.1) is 11.3 Å². The van der Waals surface area contributed by atoms with Crippen molar-refractivity contribution in [1.29, 1.82) is 5.26 Å². The minimum Gasteiger partial charge on any atom is -0.383 e. The molecule has 0 amide bonds. The van der Waals surface area contributed by atoms with E-state index < -0.39 is 0 Å². The van der Waals surface area contributed by atoms with Gasteiger partial charge >= 0.3 is 0 Å². The molecule has 5 heterocycles. The third-order valence-electron chi connectivity index (χ3n) is 8.46. The molecule has 1 saturated heterocycles. The summed E-state index contributed by atoms with van der Waals surface area (Å²) in [7, 11) is 2.05. The molecule has 7 rings (SSSR count). The van der Waals surface area contributed by atoms with Gasteiger partial charge in [-0.3, -0.25) is 9.47 Å². The number of nitrogens with two attached hydrogens (primary N) is 1. The lowest BCUT2D eigenvalue weighted by atomic mass is 10.0. The number of anilines is 2. The van der Waals surface area contributed by atoms with Crippen LogP contribution in [-0.4, -0.2) is 60.6 Å². The van der Waals surface area contributed by atoms with Crippen molar-refractivity contribution in [3.63, 3.8) is 0 Å². The fourth-order valence-electron chi connectivity index (χ4n) is 6.02. The zero-order chi connectivity index (χ0) is 30.8. The maximum atomic E-state index is 9.16. The molecule has 1 aliphatic heterocycles. The molecular weight excluding hydrogens is 560 g/mol. The van der Waals surface area contributed by atoms with Gasteiger partial charge in [0.2, 0.25) is 5.82 Å². The molecule has 1 fully saturated rings. The summed E-state index contributed by atoms with van der Waals surface area (Å²) in [6.07, 6.45) is 5.38. The molecule has 222 valence electrons. The number of likely N-dealkylation sites (tertiary alicyclic amines) is 1. The summed E-state index contributed by atoms with van der Waals surface area (Å²) >= 11 is 0. The van der Waals surface area contributed by atoms with Crippen molar-refractivity contribution in [2.45, 2.75) is 25.4 Å². The molecule has 0 bridgehead atoms. The topological polar surface area (TPSA) is 126 Å². The Morgan fingerprint density at radius 2 is 1.67 bits per heavy atom. The Morgan fingerprint density at radius 1 is 0.867 bits per heavy atom. The SMILES string of the molecule is CN(c1ccnc(C#N)n1)C1CCN(Cc2ccc(-n3c(-c4cccnc4N)nc4ccc(-c5ccccc5)nc43)cc2)CC1. The molecule has 2 N–H and O–H groups in total. The number of fused-ring (bicyclic) bond motifs is 1. The van der Waals surface area contributed by atoms with Crippen molar-refractivity contribution in [2.24, 2.45) is 0 Å². The summed E-state index contributed by atoms with van der Waals surface area (Å²) in [4.78, 5) is 27.4. The molecule has 1 aliphatic rings. The number of benzene rings is 2. The van der Waals surface area contributed by atoms with Crippen LogP contribution in [0.2, 0.25) is 0 Å². The van der Waals surface area contributed by atoms with Gasteiger partial charge in [0.1, 0.15) is 23.2 Å². The Hall–Kier alpha value is -5.66. The number of hydrogen-bond acceptors (Lipinski definition) is 9. The molecule has 10 nitrogen and oxygen atoms in total. The molecule has 2 aromatic carbocycles. The maximum Gasteiger partial charge on any atom is 0.234 e. The highest BCUT2D eigenvalue weighted by atomic mass is 15.2. The summed E-state index contributed by atoms with van der Waals surface area (Å²) in [5.41, 5.74) is 12.8. The highest BCUT2D eigenvalue weighted by Crippen LogP contribution is 2.32. The van der Waals surface area contributed by atoms with Crippen molar-refractivity contribution in [1.82, 2.24) is 34.4 Å². The molecule has 6 aromatic rings. The van der Waals surface area contributed by atoms with Gasteiger partial charge in [-0.05, 0) is 60.9 Å². The summed E-state index contributed by atoms with van der Waals surface area (Å²) in [5, 5.41) is 9.16. The van der Waals surface area contributed by atoms with Crippen LogP contribution in [0.3, 0.4) is 0 Å². The van der Waals surface area contributed by atoms with E-state index in [9.17, 15) is 0 Å². The lowest BCUT2D eigenvalue weighted by Crippen LogP contribution is -2.43. The number of nitrogen functional groups attached to an aromatic ring is 1. The fourth-order valence-corrected chi connectivity index (χ4v) is 6.02. The van der Waals surface area contributed by atoms with E-state index >= 15 is 0 Å². The number of imidazole rings is 1. The smallest absolute Gasteiger partial charge is 0.234 e. The average molecular weight is 593 g/mol. The van der Waals surface area contributed by atoms with Crippen molar-refractivity contribution in [3.8, 4) is 34.4 Å². The first-order chi connectivity index (χ1) is 22.1. The predicted molar refractivity (Wildman–Crippen MR) is 175 cm³/mol. The van der Waals surface area contributed by atoms with Gasteiger partial charge < -0.3 is 10.6 Å². The Bertz CT molecular complexity index is 1990. The first-order valence-electron chi connectivity index (χ1n) is 15.0. The van der Waals surface area contributed by atoms with Gasteiger partial charge in [-0.1, -0.05) is 42.5 Å². The van der Waals surface area contributed by atoms with Crippen molar-refractivity contribution in [3.05, 3.63) is 109 Å². The third kappa shape index (κ3) is 5.69. The zero-order valence-electron chi connectivity index (χ0n) is 25.0. The lowest BCUT2D eigenvalue weighted by Gasteiger charge is -2.37. The van der Waals surface area contributed by atoms with Gasteiger partial charge in [0, 0.05) is 56.4 Å². The highest BCUT2D eigenvalue weighted by Gasteiger charge is 2.24. The van der Waals surface area contributed by atoms with Gasteiger partial charge in [0.15, 0.2) is 11.5 Å². The molecule has 0 atom stereocenters. The largest absolute Gasteiger partial charge is 0.383 e. The second-order valence-corrected chi connectivity index (χ2v) is 11.2. The van der Waals surface area contributed by atoms with Crippen LogP contribution in [0.25, 0.3) is 39.5 Å². The fraction of sp³-hybridized carbons (Fsp3) is 0.200. The Labute approximate surface area is 261 Å². The van der Waals surface area contributed by atoms with Crippen LogP contribution in [0.15, 0.2) is 97.3 Å². The van der Waals surface area contributed by atoms with E-state index in [1.807, 2.05) is 61.6 Å². The highest BCUT2D eigenvalue weighted by molar-refractivity contribution is 5.84. The van der Waals surface area contributed by atoms with E-state index in [2.05, 4.69) is 65.7 Å². The zero-order valence-corrected chi connectivity index (χ0v) is 25.0. The molecule has 45 heavy (non-hydrogen) atoms. The van der Waals surface area contributed by atoms with E-state index in [-0.39, 0.29) is 5.82 Å². The normalized spacial score (nSPS) is 14.0. The standard InChI is InChI=1S/C35H32N10/c1-43(32-15-19-38-31(22-36)42-32)26-16-20-44(21-17-26)23-24-9-11-27(12-10-24)45-34(28-8-5-18-39-33(28)37)41-30-14-13-29(40-35(30)45)25-6-3-2-4-7-25/h2-15,18-19,26H,16-17,20-21,23H2,1H3,(H2,37,39). The Balaban J connectivity index is 1.13. The van der Waals surface area contributed by atoms with Crippen LogP contribution in [0.1, 0.15) is 24.2 Å². The van der Waals surface area contributed by atoms with Gasteiger partial charge in [0.25, 0.3) is 0 Å². The molecular formula is C35H32N10. The summed E-state index contributed by atoms with van der Waals surface area (Å²) in [5.74, 6) is 2.12. The molecule has 10 heteroatoms. The summed E-state index contributed by atoms with van der Waals surface area (Å²) in [6, 6.07) is 30.9. The lowest BCUT2D eigenvalue weighted by molar-refractivity contribution is 0.203. The number of nitrogens with zero attached hydrogens (tertiary/aromatic N) is 9. The molecule has 0 aliphatic carbocycles. The van der Waals surface area contributed by atoms with E-state index in [4.69, 9.17) is 21.0 Å². The number of pyridine rings is 2. The molecule has 0 unspecified atom stereocenters. The first-order valence-corrected chi connectivity index (χ1v) is 15.0. The number of piperidine rings is 1. The van der Waals surface area contributed by atoms with Crippen molar-refractivity contribution in [2.75, 3.05) is 30.8 Å². The van der Waals surface area contributed by atoms with E-state index in [0.29, 0.717) is 17.7 Å². The van der Waals surface area contributed by atoms with E-state index in [0.717, 1.165) is 72.0 Å². The third-order valence-corrected chi connectivity index (χ3v) is 8.46. The molecule has 4 aromatic heterocycles. The van der Waals surface area contributed by atoms with Crippen LogP contribution < -0.4 is 10.6 Å². The van der Waals surface area contributed by atoms with Crippen LogP contribution in [-0.2, 0) is 6.54 Å². The quantitative estimate of drug-likeness (QED) is 0.256. The first kappa shape index (κ1) is 28.1. The van der Waals surface area contributed by atoms with Crippen LogP contribution in [0.5, 0.6) is 0 Å².